The van der Waals surface area contributed by atoms with Crippen molar-refractivity contribution in [2.45, 2.75) is 17.3 Å². The molecule has 1 atom stereocenters. The van der Waals surface area contributed by atoms with Gasteiger partial charge in [-0.3, -0.25) is 14.3 Å². The van der Waals surface area contributed by atoms with Gasteiger partial charge in [0.1, 0.15) is 5.82 Å². The zero-order chi connectivity index (χ0) is 23.5. The molecule has 0 saturated heterocycles. The summed E-state index contributed by atoms with van der Waals surface area (Å²) in [4.78, 5) is 16.6. The van der Waals surface area contributed by atoms with Gasteiger partial charge in [-0.1, -0.05) is 11.8 Å². The fourth-order valence-electron chi connectivity index (χ4n) is 2.93. The molecular weight excluding hydrogens is 458 g/mol. The Kier molecular flexibility index (Phi) is 6.40. The number of nitrogens with one attached hydrogen (secondary N) is 1. The molecule has 1 amide bonds. The predicted octanol–water partition coefficient (Wildman–Crippen LogP) is 5.01. The molecular formula is C22H15F4N5OS. The average Bonchev–Trinajstić information content (AvgIpc) is 3.24. The number of hydrogen-bond acceptors (Lipinski definition) is 5. The molecule has 0 aliphatic rings. The van der Waals surface area contributed by atoms with Gasteiger partial charge in [0.15, 0.2) is 28.4 Å². The standard InChI is InChI=1S/C22H15F4N5OS/c1-12(21(32)28-17-7-6-16(24)18(25)19(17)26)33-22-30-29-20(13-8-10-27-11-9-13)31(22)15-4-2-14(23)3-5-15/h2-12H,1H3,(H,28,32). The van der Waals surface area contributed by atoms with Crippen molar-refractivity contribution in [3.63, 3.8) is 0 Å². The molecule has 4 rings (SSSR count). The van der Waals surface area contributed by atoms with E-state index in [0.29, 0.717) is 22.2 Å². The van der Waals surface area contributed by atoms with E-state index < -0.39 is 40.1 Å². The third-order valence-electron chi connectivity index (χ3n) is 4.60. The second kappa shape index (κ2) is 9.41. The summed E-state index contributed by atoms with van der Waals surface area (Å²) in [5.74, 6) is -5.17. The van der Waals surface area contributed by atoms with E-state index in [1.165, 1.54) is 31.2 Å². The number of benzene rings is 2. The van der Waals surface area contributed by atoms with E-state index in [1.807, 2.05) is 0 Å². The minimum atomic E-state index is -1.67. The normalized spacial score (nSPS) is 11.9. The molecule has 0 saturated carbocycles. The van der Waals surface area contributed by atoms with Crippen LogP contribution in [0.1, 0.15) is 6.92 Å². The van der Waals surface area contributed by atoms with Gasteiger partial charge in [-0.2, -0.15) is 0 Å². The van der Waals surface area contributed by atoms with Crippen LogP contribution in [0.4, 0.5) is 23.2 Å². The zero-order valence-corrected chi connectivity index (χ0v) is 17.8. The molecule has 4 aromatic rings. The largest absolute Gasteiger partial charge is 0.323 e. The maximum Gasteiger partial charge on any atom is 0.237 e. The summed E-state index contributed by atoms with van der Waals surface area (Å²) >= 11 is 1.00. The van der Waals surface area contributed by atoms with Crippen molar-refractivity contribution in [3.05, 3.63) is 84.2 Å². The van der Waals surface area contributed by atoms with Gasteiger partial charge in [0.25, 0.3) is 0 Å². The van der Waals surface area contributed by atoms with E-state index in [2.05, 4.69) is 20.5 Å². The van der Waals surface area contributed by atoms with Crippen LogP contribution in [0.15, 0.2) is 66.1 Å². The highest BCUT2D eigenvalue weighted by molar-refractivity contribution is 8.00. The number of hydrogen-bond donors (Lipinski definition) is 1. The summed E-state index contributed by atoms with van der Waals surface area (Å²) in [5.41, 5.74) is 0.758. The summed E-state index contributed by atoms with van der Waals surface area (Å²) in [6, 6.07) is 10.7. The Morgan fingerprint density at radius 2 is 1.64 bits per heavy atom. The second-order valence-corrected chi connectivity index (χ2v) is 8.13. The van der Waals surface area contributed by atoms with Crippen LogP contribution in [-0.2, 0) is 4.79 Å². The Morgan fingerprint density at radius 3 is 2.33 bits per heavy atom. The predicted molar refractivity (Wildman–Crippen MR) is 115 cm³/mol. The first-order valence-corrected chi connectivity index (χ1v) is 10.5. The molecule has 0 aliphatic carbocycles. The van der Waals surface area contributed by atoms with Gasteiger partial charge in [0, 0.05) is 23.6 Å². The number of nitrogens with zero attached hydrogens (tertiary/aromatic N) is 4. The highest BCUT2D eigenvalue weighted by Crippen LogP contribution is 2.31. The summed E-state index contributed by atoms with van der Waals surface area (Å²) < 4.78 is 55.6. The lowest BCUT2D eigenvalue weighted by molar-refractivity contribution is -0.115. The highest BCUT2D eigenvalue weighted by atomic mass is 32.2. The highest BCUT2D eigenvalue weighted by Gasteiger charge is 2.23. The fourth-order valence-corrected chi connectivity index (χ4v) is 3.79. The molecule has 6 nitrogen and oxygen atoms in total. The van der Waals surface area contributed by atoms with Crippen molar-refractivity contribution in [1.29, 1.82) is 0 Å². The molecule has 2 heterocycles. The lowest BCUT2D eigenvalue weighted by atomic mass is 10.2. The number of carbonyl (C=O) groups is 1. The summed E-state index contributed by atoms with van der Waals surface area (Å²) in [6.07, 6.45) is 3.16. The summed E-state index contributed by atoms with van der Waals surface area (Å²) in [7, 11) is 0. The van der Waals surface area contributed by atoms with Gasteiger partial charge in [-0.05, 0) is 55.5 Å². The van der Waals surface area contributed by atoms with Crippen molar-refractivity contribution in [2.75, 3.05) is 5.32 Å². The molecule has 0 aliphatic heterocycles. The van der Waals surface area contributed by atoms with E-state index in [0.717, 1.165) is 23.9 Å². The third-order valence-corrected chi connectivity index (χ3v) is 5.64. The molecule has 1 N–H and O–H groups in total. The summed E-state index contributed by atoms with van der Waals surface area (Å²) in [6.45, 7) is 1.54. The number of carbonyl (C=O) groups excluding carboxylic acids is 1. The SMILES string of the molecule is CC(Sc1nnc(-c2ccncc2)n1-c1ccc(F)cc1)C(=O)Nc1ccc(F)c(F)c1F. The number of thioether (sulfide) groups is 1. The van der Waals surface area contributed by atoms with E-state index in [9.17, 15) is 22.4 Å². The van der Waals surface area contributed by atoms with Crippen LogP contribution < -0.4 is 5.32 Å². The number of pyridine rings is 1. The molecule has 2 aromatic carbocycles. The molecule has 0 fully saturated rings. The molecule has 0 bridgehead atoms. The molecule has 11 heteroatoms. The first-order chi connectivity index (χ1) is 15.8. The maximum atomic E-state index is 13.9. The van der Waals surface area contributed by atoms with Crippen LogP contribution in [-0.4, -0.2) is 30.9 Å². The first kappa shape index (κ1) is 22.5. The van der Waals surface area contributed by atoms with Gasteiger partial charge in [-0.25, -0.2) is 17.6 Å². The number of anilines is 1. The quantitative estimate of drug-likeness (QED) is 0.242. The second-order valence-electron chi connectivity index (χ2n) is 6.83. The fraction of sp³-hybridized carbons (Fsp3) is 0.0909. The van der Waals surface area contributed by atoms with Crippen molar-refractivity contribution in [2.24, 2.45) is 0 Å². The minimum Gasteiger partial charge on any atom is -0.323 e. The molecule has 0 radical (unpaired) electrons. The van der Waals surface area contributed by atoms with Gasteiger partial charge < -0.3 is 5.32 Å². The van der Waals surface area contributed by atoms with Crippen molar-refractivity contribution >= 4 is 23.4 Å². The smallest absolute Gasteiger partial charge is 0.237 e. The van der Waals surface area contributed by atoms with E-state index >= 15 is 0 Å². The molecule has 33 heavy (non-hydrogen) atoms. The van der Waals surface area contributed by atoms with Crippen LogP contribution in [0.3, 0.4) is 0 Å². The number of amides is 1. The molecule has 1 unspecified atom stereocenters. The van der Waals surface area contributed by atoms with Gasteiger partial charge in [0.05, 0.1) is 10.9 Å². The Morgan fingerprint density at radius 1 is 0.939 bits per heavy atom. The Hall–Kier alpha value is -3.73. The van der Waals surface area contributed by atoms with Crippen LogP contribution in [0.25, 0.3) is 17.1 Å². The minimum absolute atomic E-state index is 0.307. The average molecular weight is 473 g/mol. The van der Waals surface area contributed by atoms with E-state index in [-0.39, 0.29) is 0 Å². The Bertz CT molecular complexity index is 1300. The maximum absolute atomic E-state index is 13.9. The Labute approximate surface area is 189 Å². The lowest BCUT2D eigenvalue weighted by Crippen LogP contribution is -2.23. The van der Waals surface area contributed by atoms with Gasteiger partial charge >= 0.3 is 0 Å². The number of halogens is 4. The topological polar surface area (TPSA) is 72.7 Å². The summed E-state index contributed by atoms with van der Waals surface area (Å²) in [5, 5.41) is 10.1. The molecule has 2 aromatic heterocycles. The lowest BCUT2D eigenvalue weighted by Gasteiger charge is -2.14. The van der Waals surface area contributed by atoms with Crippen LogP contribution in [0, 0.1) is 23.3 Å². The number of rotatable bonds is 6. The Balaban J connectivity index is 1.64. The first-order valence-electron chi connectivity index (χ1n) is 9.58. The number of aromatic nitrogens is 4. The van der Waals surface area contributed by atoms with E-state index in [1.54, 1.807) is 29.1 Å². The van der Waals surface area contributed by atoms with Crippen molar-refractivity contribution in [1.82, 2.24) is 19.7 Å². The van der Waals surface area contributed by atoms with Crippen molar-refractivity contribution < 1.29 is 22.4 Å². The molecule has 0 spiro atoms. The van der Waals surface area contributed by atoms with Crippen molar-refractivity contribution in [3.8, 4) is 17.1 Å². The van der Waals surface area contributed by atoms with Crippen LogP contribution in [0.2, 0.25) is 0 Å². The zero-order valence-electron chi connectivity index (χ0n) is 17.0. The molecule has 168 valence electrons. The van der Waals surface area contributed by atoms with Gasteiger partial charge in [-0.15, -0.1) is 10.2 Å². The monoisotopic (exact) mass is 473 g/mol. The third kappa shape index (κ3) is 4.72. The van der Waals surface area contributed by atoms with Gasteiger partial charge in [0.2, 0.25) is 5.91 Å². The van der Waals surface area contributed by atoms with Crippen LogP contribution in [0.5, 0.6) is 0 Å². The van der Waals surface area contributed by atoms with Crippen LogP contribution >= 0.6 is 11.8 Å². The van der Waals surface area contributed by atoms with E-state index in [4.69, 9.17) is 0 Å².